The molecular weight excluding hydrogens is 436 g/mol. The Labute approximate surface area is 205 Å². The number of ether oxygens (including phenoxy) is 1. The highest BCUT2D eigenvalue weighted by molar-refractivity contribution is 5.72. The van der Waals surface area contributed by atoms with Gasteiger partial charge >= 0.3 is 0 Å². The first-order valence-corrected chi connectivity index (χ1v) is 13.0. The number of nitrogens with zero attached hydrogens (tertiary/aromatic N) is 2. The predicted molar refractivity (Wildman–Crippen MR) is 133 cm³/mol. The third kappa shape index (κ3) is 2.48. The Morgan fingerprint density at radius 1 is 1.14 bits per heavy atom. The standard InChI is InChI=1S/C30H30N2O3/c1-17-13-21(19-5-3-2-4-6-19)22-15-30(34)24-14-20-9-10-23(33)27-25(20)29(30,28(35-27)26(22)31-17)11-12-32(24)16-18-7-8-18/h2-6,9-10,13,18,24,28,33-34H,7-8,11-12,14-16H2,1H3/t24-,28-,29-,30+/m0/s1. The Morgan fingerprint density at radius 3 is 2.77 bits per heavy atom. The summed E-state index contributed by atoms with van der Waals surface area (Å²) in [6.45, 7) is 4.06. The molecule has 8 rings (SSSR count). The molecule has 3 heterocycles. The number of aliphatic hydroxyl groups is 1. The lowest BCUT2D eigenvalue weighted by Gasteiger charge is -2.63. The van der Waals surface area contributed by atoms with Crippen molar-refractivity contribution in [1.29, 1.82) is 0 Å². The van der Waals surface area contributed by atoms with Crippen molar-refractivity contribution in [2.45, 2.75) is 62.2 Å². The number of likely N-dealkylation sites (tertiary alicyclic amines) is 1. The second-order valence-corrected chi connectivity index (χ2v) is 11.5. The lowest BCUT2D eigenvalue weighted by atomic mass is 9.48. The molecule has 5 aliphatic rings. The molecule has 2 bridgehead atoms. The summed E-state index contributed by atoms with van der Waals surface area (Å²) in [5.41, 5.74) is 5.96. The summed E-state index contributed by atoms with van der Waals surface area (Å²) in [5.74, 6) is 1.50. The number of hydrogen-bond acceptors (Lipinski definition) is 5. The summed E-state index contributed by atoms with van der Waals surface area (Å²) in [6, 6.07) is 16.5. The van der Waals surface area contributed by atoms with Gasteiger partial charge in [0, 0.05) is 30.3 Å². The summed E-state index contributed by atoms with van der Waals surface area (Å²) in [7, 11) is 0. The maximum Gasteiger partial charge on any atom is 0.166 e. The van der Waals surface area contributed by atoms with Crippen LogP contribution in [0.4, 0.5) is 0 Å². The monoisotopic (exact) mass is 466 g/mol. The molecule has 1 saturated heterocycles. The highest BCUT2D eigenvalue weighted by atomic mass is 16.5. The van der Waals surface area contributed by atoms with Gasteiger partial charge in [-0.15, -0.1) is 0 Å². The van der Waals surface area contributed by atoms with Gasteiger partial charge in [-0.2, -0.15) is 0 Å². The van der Waals surface area contributed by atoms with E-state index in [-0.39, 0.29) is 11.8 Å². The Morgan fingerprint density at radius 2 is 1.97 bits per heavy atom. The van der Waals surface area contributed by atoms with Gasteiger partial charge in [0.05, 0.1) is 16.7 Å². The van der Waals surface area contributed by atoms with E-state index in [0.29, 0.717) is 12.2 Å². The molecule has 0 unspecified atom stereocenters. The molecule has 1 aromatic heterocycles. The first kappa shape index (κ1) is 20.3. The van der Waals surface area contributed by atoms with Crippen molar-refractivity contribution < 1.29 is 14.9 Å². The number of hydrogen-bond donors (Lipinski definition) is 2. The minimum Gasteiger partial charge on any atom is -0.504 e. The van der Waals surface area contributed by atoms with Gasteiger partial charge in [-0.1, -0.05) is 36.4 Å². The van der Waals surface area contributed by atoms with Crippen molar-refractivity contribution in [3.8, 4) is 22.6 Å². The normalized spacial score (nSPS) is 32.1. The van der Waals surface area contributed by atoms with Gasteiger partial charge in [0.2, 0.25) is 0 Å². The lowest BCUT2D eigenvalue weighted by Crippen LogP contribution is -2.74. The first-order chi connectivity index (χ1) is 17.0. The molecule has 2 fully saturated rings. The number of pyridine rings is 1. The van der Waals surface area contributed by atoms with E-state index in [1.807, 2.05) is 13.0 Å². The fourth-order valence-corrected chi connectivity index (χ4v) is 7.92. The molecule has 1 saturated carbocycles. The molecule has 1 spiro atoms. The van der Waals surface area contributed by atoms with Gasteiger partial charge in [-0.05, 0) is 79.5 Å². The molecule has 0 amide bonds. The highest BCUT2D eigenvalue weighted by Gasteiger charge is 2.73. The third-order valence-electron chi connectivity index (χ3n) is 9.58. The second kappa shape index (κ2) is 6.65. The smallest absolute Gasteiger partial charge is 0.166 e. The largest absolute Gasteiger partial charge is 0.504 e. The molecule has 178 valence electrons. The van der Waals surface area contributed by atoms with Crippen LogP contribution in [0, 0.1) is 12.8 Å². The minimum absolute atomic E-state index is 0.0315. The Hall–Kier alpha value is -2.89. The third-order valence-corrected chi connectivity index (χ3v) is 9.58. The fourth-order valence-electron chi connectivity index (χ4n) is 7.92. The Balaban J connectivity index is 1.40. The molecule has 2 aliphatic heterocycles. The maximum atomic E-state index is 13.0. The van der Waals surface area contributed by atoms with Crippen LogP contribution in [-0.4, -0.2) is 44.8 Å². The molecule has 5 nitrogen and oxygen atoms in total. The van der Waals surface area contributed by atoms with E-state index in [1.165, 1.54) is 18.4 Å². The van der Waals surface area contributed by atoms with E-state index in [2.05, 4.69) is 41.3 Å². The molecule has 4 atom stereocenters. The van der Waals surface area contributed by atoms with E-state index in [0.717, 1.165) is 65.5 Å². The lowest BCUT2D eigenvalue weighted by molar-refractivity contribution is -0.173. The van der Waals surface area contributed by atoms with Crippen molar-refractivity contribution in [2.24, 2.45) is 5.92 Å². The van der Waals surface area contributed by atoms with E-state index in [9.17, 15) is 10.2 Å². The number of piperidine rings is 1. The van der Waals surface area contributed by atoms with Crippen molar-refractivity contribution in [3.05, 3.63) is 76.6 Å². The Kier molecular flexibility index (Phi) is 3.86. The fraction of sp³-hybridized carbons (Fsp3) is 0.433. The van der Waals surface area contributed by atoms with Gasteiger partial charge in [0.15, 0.2) is 17.6 Å². The van der Waals surface area contributed by atoms with Crippen LogP contribution in [0.15, 0.2) is 48.5 Å². The Bertz CT molecular complexity index is 1380. The van der Waals surface area contributed by atoms with E-state index in [4.69, 9.17) is 9.72 Å². The molecule has 0 radical (unpaired) electrons. The SMILES string of the molecule is Cc1cc(-c2ccccc2)c2c(n1)[C@@H]1Oc3c(O)ccc4c3[C@@]13CCN(CC1CC1)[C@@H](C4)[C@]3(O)C2. The number of phenols is 1. The van der Waals surface area contributed by atoms with E-state index >= 15 is 0 Å². The average Bonchev–Trinajstić information content (AvgIpc) is 3.59. The number of rotatable bonds is 3. The average molecular weight is 467 g/mol. The topological polar surface area (TPSA) is 65.8 Å². The number of phenolic OH excluding ortho intramolecular Hbond substituents is 1. The molecule has 2 N–H and O–H groups in total. The number of aryl methyl sites for hydroxylation is 1. The van der Waals surface area contributed by atoms with Crippen LogP contribution in [0.1, 0.15) is 53.4 Å². The first-order valence-electron chi connectivity index (χ1n) is 13.0. The van der Waals surface area contributed by atoms with Gasteiger partial charge in [-0.3, -0.25) is 9.88 Å². The quantitative estimate of drug-likeness (QED) is 0.597. The zero-order valence-corrected chi connectivity index (χ0v) is 20.0. The van der Waals surface area contributed by atoms with Crippen LogP contribution in [0.2, 0.25) is 0 Å². The van der Waals surface area contributed by atoms with Crippen LogP contribution in [-0.2, 0) is 18.3 Å². The number of benzene rings is 2. The van der Waals surface area contributed by atoms with Gasteiger partial charge in [-0.25, -0.2) is 0 Å². The minimum atomic E-state index is -0.982. The summed E-state index contributed by atoms with van der Waals surface area (Å²) in [5, 5.41) is 23.8. The summed E-state index contributed by atoms with van der Waals surface area (Å²) >= 11 is 0. The number of aromatic hydroxyl groups is 1. The summed E-state index contributed by atoms with van der Waals surface area (Å²) < 4.78 is 6.68. The highest BCUT2D eigenvalue weighted by Crippen LogP contribution is 2.69. The van der Waals surface area contributed by atoms with Crippen LogP contribution in [0.3, 0.4) is 0 Å². The van der Waals surface area contributed by atoms with Crippen molar-refractivity contribution in [3.63, 3.8) is 0 Å². The van der Waals surface area contributed by atoms with Gasteiger partial charge < -0.3 is 14.9 Å². The van der Waals surface area contributed by atoms with Crippen molar-refractivity contribution in [2.75, 3.05) is 13.1 Å². The molecule has 3 aromatic rings. The summed E-state index contributed by atoms with van der Waals surface area (Å²) in [6.07, 6.45) is 4.37. The van der Waals surface area contributed by atoms with Crippen molar-refractivity contribution >= 4 is 0 Å². The number of fused-ring (bicyclic) bond motifs is 2. The van der Waals surface area contributed by atoms with Gasteiger partial charge in [0.1, 0.15) is 0 Å². The molecule has 2 aromatic carbocycles. The van der Waals surface area contributed by atoms with Crippen LogP contribution in [0.5, 0.6) is 11.5 Å². The van der Waals surface area contributed by atoms with Crippen molar-refractivity contribution in [1.82, 2.24) is 9.88 Å². The van der Waals surface area contributed by atoms with E-state index < -0.39 is 17.1 Å². The summed E-state index contributed by atoms with van der Waals surface area (Å²) in [4.78, 5) is 7.63. The number of aromatic nitrogens is 1. The second-order valence-electron chi connectivity index (χ2n) is 11.5. The molecule has 35 heavy (non-hydrogen) atoms. The zero-order chi connectivity index (χ0) is 23.5. The molecule has 5 heteroatoms. The van der Waals surface area contributed by atoms with Crippen LogP contribution < -0.4 is 4.74 Å². The van der Waals surface area contributed by atoms with Gasteiger partial charge in [0.25, 0.3) is 0 Å². The van der Waals surface area contributed by atoms with E-state index in [1.54, 1.807) is 6.07 Å². The molecule has 3 aliphatic carbocycles. The van der Waals surface area contributed by atoms with Crippen LogP contribution >= 0.6 is 0 Å². The maximum absolute atomic E-state index is 13.0. The predicted octanol–water partition coefficient (Wildman–Crippen LogP) is 4.46. The zero-order valence-electron chi connectivity index (χ0n) is 20.0. The molecular formula is C30H30N2O3. The van der Waals surface area contributed by atoms with Crippen LogP contribution in [0.25, 0.3) is 11.1 Å².